The minimum atomic E-state index is 0.644. The molecule has 1 aromatic rings. The zero-order valence-corrected chi connectivity index (χ0v) is 12.0. The summed E-state index contributed by atoms with van der Waals surface area (Å²) in [5.41, 5.74) is 1.29. The first-order chi connectivity index (χ1) is 8.22. The molecule has 0 bridgehead atoms. The van der Waals surface area contributed by atoms with E-state index in [9.17, 15) is 0 Å². The highest BCUT2D eigenvalue weighted by Gasteiger charge is 1.98. The molecule has 0 atom stereocenters. The topological polar surface area (TPSA) is 24.5 Å². The number of nitrogens with one attached hydrogen (secondary N) is 1. The Hall–Kier alpha value is -0.420. The largest absolute Gasteiger partial charge is 0.362 e. The van der Waals surface area contributed by atoms with Crippen LogP contribution in [0.3, 0.4) is 0 Å². The van der Waals surface area contributed by atoms with E-state index in [1.165, 1.54) is 10.4 Å². The van der Waals surface area contributed by atoms with E-state index >= 15 is 0 Å². The van der Waals surface area contributed by atoms with Gasteiger partial charge in [-0.15, -0.1) is 11.3 Å². The van der Waals surface area contributed by atoms with Gasteiger partial charge in [-0.1, -0.05) is 6.92 Å². The summed E-state index contributed by atoms with van der Waals surface area (Å²) in [7, 11) is 4.19. The summed E-state index contributed by atoms with van der Waals surface area (Å²) in [5.74, 6) is 0. The Labute approximate surface area is 109 Å². The summed E-state index contributed by atoms with van der Waals surface area (Å²) < 4.78 is 5.57. The van der Waals surface area contributed by atoms with Crippen LogP contribution >= 0.6 is 11.3 Å². The van der Waals surface area contributed by atoms with Crippen molar-refractivity contribution in [3.63, 3.8) is 0 Å². The number of nitrogens with zero attached hydrogens (tertiary/aromatic N) is 1. The quantitative estimate of drug-likeness (QED) is 0.542. The molecule has 0 aliphatic heterocycles. The Bertz CT molecular complexity index is 299. The number of ether oxygens (including phenoxy) is 1. The minimum absolute atomic E-state index is 0.644. The molecule has 1 rings (SSSR count). The predicted molar refractivity (Wildman–Crippen MR) is 74.5 cm³/mol. The smallest absolute Gasteiger partial charge is 0.0969 e. The standard InChI is InChI=1S/C13H24N2OS/c1-4-13-8-12(10-17-13)9-16-11-14-6-5-7-15(2)3/h8,10,14H,4-7,9,11H2,1-3H3. The van der Waals surface area contributed by atoms with Crippen molar-refractivity contribution in [2.75, 3.05) is 33.9 Å². The predicted octanol–water partition coefficient (Wildman–Crippen LogP) is 2.33. The molecule has 17 heavy (non-hydrogen) atoms. The highest BCUT2D eigenvalue weighted by molar-refractivity contribution is 7.10. The number of rotatable bonds is 9. The van der Waals surface area contributed by atoms with Crippen LogP contribution in [0.25, 0.3) is 0 Å². The van der Waals surface area contributed by atoms with Gasteiger partial charge >= 0.3 is 0 Å². The zero-order valence-electron chi connectivity index (χ0n) is 11.2. The van der Waals surface area contributed by atoms with E-state index < -0.39 is 0 Å². The van der Waals surface area contributed by atoms with Gasteiger partial charge in [0.05, 0.1) is 13.3 Å². The molecule has 0 amide bonds. The third-order valence-electron chi connectivity index (χ3n) is 2.49. The van der Waals surface area contributed by atoms with Crippen LogP contribution in [0, 0.1) is 0 Å². The summed E-state index contributed by atoms with van der Waals surface area (Å²) in [5, 5.41) is 5.47. The maximum Gasteiger partial charge on any atom is 0.0969 e. The van der Waals surface area contributed by atoms with E-state index in [0.717, 1.165) is 32.5 Å². The van der Waals surface area contributed by atoms with E-state index in [4.69, 9.17) is 4.74 Å². The third kappa shape index (κ3) is 6.78. The first-order valence-corrected chi connectivity index (χ1v) is 7.09. The summed E-state index contributed by atoms with van der Waals surface area (Å²) in [6, 6.07) is 2.23. The lowest BCUT2D eigenvalue weighted by Crippen LogP contribution is -2.23. The van der Waals surface area contributed by atoms with E-state index in [-0.39, 0.29) is 0 Å². The van der Waals surface area contributed by atoms with E-state index in [2.05, 4.69) is 42.7 Å². The third-order valence-corrected chi connectivity index (χ3v) is 3.62. The van der Waals surface area contributed by atoms with Crippen molar-refractivity contribution in [1.29, 1.82) is 0 Å². The fourth-order valence-corrected chi connectivity index (χ4v) is 2.35. The molecule has 0 saturated heterocycles. The van der Waals surface area contributed by atoms with Crippen LogP contribution < -0.4 is 5.32 Å². The average Bonchev–Trinajstić information content (AvgIpc) is 2.75. The van der Waals surface area contributed by atoms with E-state index in [0.29, 0.717) is 6.73 Å². The second kappa shape index (κ2) is 8.64. The number of aryl methyl sites for hydroxylation is 1. The van der Waals surface area contributed by atoms with Gasteiger partial charge in [-0.25, -0.2) is 0 Å². The van der Waals surface area contributed by atoms with Gasteiger partial charge in [-0.2, -0.15) is 0 Å². The van der Waals surface area contributed by atoms with Crippen LogP contribution in [0.4, 0.5) is 0 Å². The highest BCUT2D eigenvalue weighted by atomic mass is 32.1. The summed E-state index contributed by atoms with van der Waals surface area (Å²) in [6.45, 7) is 5.68. The number of hydrogen-bond donors (Lipinski definition) is 1. The van der Waals surface area contributed by atoms with Gasteiger partial charge < -0.3 is 9.64 Å². The molecular formula is C13H24N2OS. The maximum atomic E-state index is 5.57. The molecule has 98 valence electrons. The van der Waals surface area contributed by atoms with E-state index in [1.807, 2.05) is 11.3 Å². The fourth-order valence-electron chi connectivity index (χ4n) is 1.52. The van der Waals surface area contributed by atoms with Crippen molar-refractivity contribution >= 4 is 11.3 Å². The van der Waals surface area contributed by atoms with Crippen molar-refractivity contribution in [3.05, 3.63) is 21.9 Å². The lowest BCUT2D eigenvalue weighted by atomic mass is 10.3. The summed E-state index contributed by atoms with van der Waals surface area (Å²) in [6.07, 6.45) is 2.28. The summed E-state index contributed by atoms with van der Waals surface area (Å²) in [4.78, 5) is 3.63. The van der Waals surface area contributed by atoms with Crippen LogP contribution in [0.1, 0.15) is 23.8 Å². The van der Waals surface area contributed by atoms with Gasteiger partial charge in [-0.05, 0) is 57.0 Å². The second-order valence-electron chi connectivity index (χ2n) is 4.42. The molecular weight excluding hydrogens is 232 g/mol. The Morgan fingerprint density at radius 3 is 2.88 bits per heavy atom. The van der Waals surface area contributed by atoms with E-state index in [1.54, 1.807) is 0 Å². The number of hydrogen-bond acceptors (Lipinski definition) is 4. The van der Waals surface area contributed by atoms with Gasteiger partial charge in [-0.3, -0.25) is 5.32 Å². The van der Waals surface area contributed by atoms with Gasteiger partial charge in [0.15, 0.2) is 0 Å². The zero-order chi connectivity index (χ0) is 12.5. The first-order valence-electron chi connectivity index (χ1n) is 6.22. The Morgan fingerprint density at radius 1 is 1.41 bits per heavy atom. The molecule has 1 N–H and O–H groups in total. The average molecular weight is 256 g/mol. The lowest BCUT2D eigenvalue weighted by molar-refractivity contribution is 0.103. The Balaban J connectivity index is 1.97. The molecule has 0 radical (unpaired) electrons. The second-order valence-corrected chi connectivity index (χ2v) is 5.42. The van der Waals surface area contributed by atoms with Crippen molar-refractivity contribution in [1.82, 2.24) is 10.2 Å². The van der Waals surface area contributed by atoms with Crippen LogP contribution in [-0.4, -0.2) is 38.8 Å². The molecule has 0 aliphatic carbocycles. The normalized spacial score (nSPS) is 11.3. The molecule has 0 aliphatic rings. The van der Waals surface area contributed by atoms with Gasteiger partial charge in [0.2, 0.25) is 0 Å². The van der Waals surface area contributed by atoms with Crippen molar-refractivity contribution in [2.24, 2.45) is 0 Å². The molecule has 4 heteroatoms. The van der Waals surface area contributed by atoms with Gasteiger partial charge in [0.1, 0.15) is 0 Å². The van der Waals surface area contributed by atoms with Crippen molar-refractivity contribution < 1.29 is 4.74 Å². The fraction of sp³-hybridized carbons (Fsp3) is 0.692. The van der Waals surface area contributed by atoms with Crippen LogP contribution in [0.2, 0.25) is 0 Å². The molecule has 0 aromatic carbocycles. The van der Waals surface area contributed by atoms with Crippen LogP contribution in [0.5, 0.6) is 0 Å². The maximum absolute atomic E-state index is 5.57. The van der Waals surface area contributed by atoms with Gasteiger partial charge in [0, 0.05) is 4.88 Å². The van der Waals surface area contributed by atoms with Crippen molar-refractivity contribution in [3.8, 4) is 0 Å². The Kier molecular flexibility index (Phi) is 7.44. The molecule has 0 saturated carbocycles. The molecule has 1 heterocycles. The SMILES string of the molecule is CCc1cc(COCNCCCN(C)C)cs1. The lowest BCUT2D eigenvalue weighted by Gasteiger charge is -2.09. The highest BCUT2D eigenvalue weighted by Crippen LogP contribution is 2.15. The van der Waals surface area contributed by atoms with Crippen LogP contribution in [-0.2, 0) is 17.8 Å². The van der Waals surface area contributed by atoms with Crippen LogP contribution in [0.15, 0.2) is 11.4 Å². The molecule has 3 nitrogen and oxygen atoms in total. The number of thiophene rings is 1. The Morgan fingerprint density at radius 2 is 2.24 bits per heavy atom. The molecule has 1 aromatic heterocycles. The summed E-state index contributed by atoms with van der Waals surface area (Å²) >= 11 is 1.82. The van der Waals surface area contributed by atoms with Gasteiger partial charge in [0.25, 0.3) is 0 Å². The monoisotopic (exact) mass is 256 g/mol. The minimum Gasteiger partial charge on any atom is -0.362 e. The first kappa shape index (κ1) is 14.6. The molecule has 0 spiro atoms. The molecule has 0 fully saturated rings. The van der Waals surface area contributed by atoms with Crippen molar-refractivity contribution in [2.45, 2.75) is 26.4 Å². The molecule has 0 unspecified atom stereocenters.